The molecule has 0 saturated carbocycles. The van der Waals surface area contributed by atoms with Crippen LogP contribution in [0.2, 0.25) is 0 Å². The van der Waals surface area contributed by atoms with E-state index < -0.39 is 11.7 Å². The number of benzene rings is 2. The van der Waals surface area contributed by atoms with Gasteiger partial charge in [0.2, 0.25) is 0 Å². The van der Waals surface area contributed by atoms with Crippen LogP contribution in [0.4, 0.5) is 13.2 Å². The first kappa shape index (κ1) is 20.4. The summed E-state index contributed by atoms with van der Waals surface area (Å²) in [6, 6.07) is 9.72. The topological polar surface area (TPSA) is 67.2 Å². The molecule has 5 nitrogen and oxygen atoms in total. The summed E-state index contributed by atoms with van der Waals surface area (Å²) in [4.78, 5) is 17.8. The maximum atomic E-state index is 12.9. The molecule has 0 aliphatic carbocycles. The molecule has 9 heteroatoms. The number of aryl methyl sites for hydroxylation is 1. The lowest BCUT2D eigenvalue weighted by molar-refractivity contribution is -0.137. The number of hydrogen-bond donors (Lipinski definition) is 2. The van der Waals surface area contributed by atoms with Crippen molar-refractivity contribution >= 4 is 38.5 Å². The standard InChI is InChI=1S/C21H18F3N3O2S/c1-11(10-28)25-19(29)13-3-8-17-16(9-13)18-20(30-12(2)26-18)27(17)15-6-4-14(5-7-15)21(22,23)24/h3-9,11,28H,10H2,1-2H3,(H,25,29)/t11-/m1/s1. The number of amides is 1. The first-order valence-corrected chi connectivity index (χ1v) is 10.0. The zero-order chi connectivity index (χ0) is 21.6. The number of rotatable bonds is 4. The third-order valence-electron chi connectivity index (χ3n) is 4.78. The number of fused-ring (bicyclic) bond motifs is 3. The predicted octanol–water partition coefficient (Wildman–Crippen LogP) is 4.68. The number of carbonyl (C=O) groups excluding carboxylic acids is 1. The van der Waals surface area contributed by atoms with Crippen molar-refractivity contribution in [2.45, 2.75) is 26.1 Å². The van der Waals surface area contributed by atoms with Crippen LogP contribution in [0.5, 0.6) is 0 Å². The van der Waals surface area contributed by atoms with Gasteiger partial charge >= 0.3 is 6.18 Å². The van der Waals surface area contributed by atoms with E-state index in [9.17, 15) is 18.0 Å². The van der Waals surface area contributed by atoms with Crippen LogP contribution in [0, 0.1) is 6.92 Å². The lowest BCUT2D eigenvalue weighted by Gasteiger charge is -2.12. The summed E-state index contributed by atoms with van der Waals surface area (Å²) in [6.45, 7) is 3.38. The van der Waals surface area contributed by atoms with Crippen molar-refractivity contribution in [2.24, 2.45) is 0 Å². The molecular weight excluding hydrogens is 415 g/mol. The van der Waals surface area contributed by atoms with E-state index >= 15 is 0 Å². The molecule has 0 aliphatic heterocycles. The van der Waals surface area contributed by atoms with E-state index in [2.05, 4.69) is 10.3 Å². The number of aliphatic hydroxyl groups is 1. The van der Waals surface area contributed by atoms with Crippen molar-refractivity contribution < 1.29 is 23.1 Å². The summed E-state index contributed by atoms with van der Waals surface area (Å²) >= 11 is 1.43. The Morgan fingerprint density at radius 2 is 1.93 bits per heavy atom. The quantitative estimate of drug-likeness (QED) is 0.491. The highest BCUT2D eigenvalue weighted by atomic mass is 32.1. The van der Waals surface area contributed by atoms with Crippen LogP contribution < -0.4 is 5.32 Å². The Bertz CT molecular complexity index is 1240. The molecule has 2 aromatic heterocycles. The Kier molecular flexibility index (Phi) is 5.03. The lowest BCUT2D eigenvalue weighted by Crippen LogP contribution is -2.34. The second-order valence-electron chi connectivity index (χ2n) is 7.06. The zero-order valence-corrected chi connectivity index (χ0v) is 16.9. The second-order valence-corrected chi connectivity index (χ2v) is 8.24. The van der Waals surface area contributed by atoms with Crippen LogP contribution >= 0.6 is 11.3 Å². The number of carbonyl (C=O) groups is 1. The molecule has 1 amide bonds. The van der Waals surface area contributed by atoms with Crippen LogP contribution in [-0.4, -0.2) is 33.2 Å². The number of nitrogens with one attached hydrogen (secondary N) is 1. The van der Waals surface area contributed by atoms with Gasteiger partial charge in [0.15, 0.2) is 0 Å². The number of halogens is 3. The van der Waals surface area contributed by atoms with Crippen molar-refractivity contribution in [1.82, 2.24) is 14.9 Å². The fourth-order valence-corrected chi connectivity index (χ4v) is 4.29. The maximum absolute atomic E-state index is 12.9. The number of thiazole rings is 1. The fourth-order valence-electron chi connectivity index (χ4n) is 3.32. The molecule has 30 heavy (non-hydrogen) atoms. The van der Waals surface area contributed by atoms with Crippen molar-refractivity contribution in [3.63, 3.8) is 0 Å². The molecule has 0 spiro atoms. The van der Waals surface area contributed by atoms with Gasteiger partial charge in [-0.15, -0.1) is 11.3 Å². The molecule has 4 rings (SSSR count). The van der Waals surface area contributed by atoms with Gasteiger partial charge in [-0.25, -0.2) is 4.98 Å². The van der Waals surface area contributed by atoms with E-state index in [0.717, 1.165) is 32.9 Å². The smallest absolute Gasteiger partial charge is 0.394 e. The maximum Gasteiger partial charge on any atom is 0.416 e. The van der Waals surface area contributed by atoms with Crippen LogP contribution in [0.25, 0.3) is 26.9 Å². The van der Waals surface area contributed by atoms with E-state index in [0.29, 0.717) is 16.8 Å². The normalized spacial score (nSPS) is 13.1. The van der Waals surface area contributed by atoms with Crippen molar-refractivity contribution in [3.05, 3.63) is 58.6 Å². The monoisotopic (exact) mass is 433 g/mol. The van der Waals surface area contributed by atoms with Gasteiger partial charge in [-0.1, -0.05) is 0 Å². The average Bonchev–Trinajstić information content (AvgIpc) is 3.21. The van der Waals surface area contributed by atoms with Crippen LogP contribution in [0.15, 0.2) is 42.5 Å². The highest BCUT2D eigenvalue weighted by Crippen LogP contribution is 2.36. The Hall–Kier alpha value is -2.91. The number of alkyl halides is 3. The Morgan fingerprint density at radius 3 is 2.57 bits per heavy atom. The summed E-state index contributed by atoms with van der Waals surface area (Å²) in [6.07, 6.45) is -4.40. The van der Waals surface area contributed by atoms with E-state index in [4.69, 9.17) is 5.11 Å². The zero-order valence-electron chi connectivity index (χ0n) is 16.1. The molecule has 0 fully saturated rings. The van der Waals surface area contributed by atoms with Gasteiger partial charge in [0.05, 0.1) is 22.7 Å². The molecular formula is C21H18F3N3O2S. The highest BCUT2D eigenvalue weighted by molar-refractivity contribution is 7.18. The molecule has 0 bridgehead atoms. The fraction of sp³-hybridized carbons (Fsp3) is 0.238. The van der Waals surface area contributed by atoms with E-state index in [1.165, 1.54) is 23.5 Å². The predicted molar refractivity (Wildman–Crippen MR) is 110 cm³/mol. The molecule has 0 saturated heterocycles. The second kappa shape index (κ2) is 7.41. The molecule has 4 aromatic rings. The minimum Gasteiger partial charge on any atom is -0.394 e. The molecule has 2 N–H and O–H groups in total. The minimum absolute atomic E-state index is 0.173. The van der Waals surface area contributed by atoms with E-state index in [-0.39, 0.29) is 18.6 Å². The summed E-state index contributed by atoms with van der Waals surface area (Å²) in [5.41, 5.74) is 1.72. The van der Waals surface area contributed by atoms with Gasteiger partial charge < -0.3 is 10.4 Å². The number of hydrogen-bond acceptors (Lipinski definition) is 4. The summed E-state index contributed by atoms with van der Waals surface area (Å²) in [5, 5.41) is 13.4. The van der Waals surface area contributed by atoms with Crippen LogP contribution in [-0.2, 0) is 6.18 Å². The van der Waals surface area contributed by atoms with Gasteiger partial charge in [-0.2, -0.15) is 13.2 Å². The summed E-state index contributed by atoms with van der Waals surface area (Å²) in [7, 11) is 0. The first-order valence-electron chi connectivity index (χ1n) is 9.20. The van der Waals surface area contributed by atoms with Gasteiger partial charge in [0.1, 0.15) is 10.3 Å². The summed E-state index contributed by atoms with van der Waals surface area (Å²) < 4.78 is 40.7. The molecule has 0 aliphatic rings. The van der Waals surface area contributed by atoms with E-state index in [1.807, 2.05) is 11.5 Å². The Labute approximate surface area is 173 Å². The van der Waals surface area contributed by atoms with Gasteiger partial charge in [0, 0.05) is 22.7 Å². The first-order chi connectivity index (χ1) is 14.2. The van der Waals surface area contributed by atoms with Gasteiger partial charge in [-0.3, -0.25) is 9.36 Å². The Morgan fingerprint density at radius 1 is 1.23 bits per heavy atom. The molecule has 2 heterocycles. The molecule has 1 atom stereocenters. The SMILES string of the molecule is Cc1nc2c3cc(C(=O)N[C@H](C)CO)ccc3n(-c3ccc(C(F)(F)F)cc3)c2s1. The summed E-state index contributed by atoms with van der Waals surface area (Å²) in [5.74, 6) is -0.319. The van der Waals surface area contributed by atoms with Crippen molar-refractivity contribution in [2.75, 3.05) is 6.61 Å². The van der Waals surface area contributed by atoms with Crippen molar-refractivity contribution in [3.8, 4) is 5.69 Å². The Balaban J connectivity index is 1.86. The average molecular weight is 433 g/mol. The van der Waals surface area contributed by atoms with Gasteiger partial charge in [0.25, 0.3) is 5.91 Å². The van der Waals surface area contributed by atoms with Crippen LogP contribution in [0.1, 0.15) is 27.9 Å². The highest BCUT2D eigenvalue weighted by Gasteiger charge is 2.30. The largest absolute Gasteiger partial charge is 0.416 e. The molecule has 0 unspecified atom stereocenters. The van der Waals surface area contributed by atoms with E-state index in [1.54, 1.807) is 25.1 Å². The number of nitrogens with zero attached hydrogens (tertiary/aromatic N) is 2. The number of aliphatic hydroxyl groups excluding tert-OH is 1. The van der Waals surface area contributed by atoms with Crippen LogP contribution in [0.3, 0.4) is 0 Å². The molecule has 156 valence electrons. The molecule has 0 radical (unpaired) electrons. The third kappa shape index (κ3) is 3.54. The third-order valence-corrected chi connectivity index (χ3v) is 5.73. The minimum atomic E-state index is -4.40. The number of aromatic nitrogens is 2. The lowest BCUT2D eigenvalue weighted by atomic mass is 10.1. The molecule has 2 aromatic carbocycles. The van der Waals surface area contributed by atoms with Gasteiger partial charge in [-0.05, 0) is 56.3 Å². The van der Waals surface area contributed by atoms with Crippen molar-refractivity contribution in [1.29, 1.82) is 0 Å².